The van der Waals surface area contributed by atoms with Crippen molar-refractivity contribution in [2.75, 3.05) is 0 Å². The van der Waals surface area contributed by atoms with E-state index < -0.39 is 46.3 Å². The lowest BCUT2D eigenvalue weighted by Gasteiger charge is -2.23. The summed E-state index contributed by atoms with van der Waals surface area (Å²) >= 11 is 0. The van der Waals surface area contributed by atoms with Crippen LogP contribution in [-0.4, -0.2) is 22.1 Å². The molecule has 1 unspecified atom stereocenters. The highest BCUT2D eigenvalue weighted by Gasteiger charge is 2.49. The summed E-state index contributed by atoms with van der Waals surface area (Å²) in [5, 5.41) is 19.7. The van der Waals surface area contributed by atoms with Crippen molar-refractivity contribution in [3.8, 4) is 0 Å². The monoisotopic (exact) mass is 285 g/mol. The number of hydrogen-bond donors (Lipinski definition) is 3. The maximum Gasteiger partial charge on any atom is 0.411 e. The van der Waals surface area contributed by atoms with Gasteiger partial charge in [-0.15, -0.1) is 0 Å². The van der Waals surface area contributed by atoms with Crippen LogP contribution < -0.4 is 5.32 Å². The van der Waals surface area contributed by atoms with Gasteiger partial charge in [0.05, 0.1) is 0 Å². The molecule has 106 valence electrons. The Morgan fingerprint density at radius 3 is 2.65 bits per heavy atom. The van der Waals surface area contributed by atoms with Gasteiger partial charge >= 0.3 is 6.09 Å². The molecule has 3 N–H and O–H groups in total. The lowest BCUT2D eigenvalue weighted by atomic mass is 9.91. The molecule has 2 rings (SSSR count). The maximum absolute atomic E-state index is 13.7. The van der Waals surface area contributed by atoms with E-state index in [1.807, 2.05) is 0 Å². The number of hydrogen-bond acceptors (Lipinski definition) is 4. The first-order chi connectivity index (χ1) is 9.25. The summed E-state index contributed by atoms with van der Waals surface area (Å²) in [6.45, 7) is 1.10. The molecule has 1 aromatic carbocycles. The second-order valence-corrected chi connectivity index (χ2v) is 4.20. The van der Waals surface area contributed by atoms with Crippen LogP contribution in [0.2, 0.25) is 0 Å². The van der Waals surface area contributed by atoms with E-state index in [1.165, 1.54) is 0 Å². The molecule has 0 spiro atoms. The maximum atomic E-state index is 13.7. The van der Waals surface area contributed by atoms with Gasteiger partial charge in [-0.3, -0.25) is 10.1 Å². The Labute approximate surface area is 111 Å². The molecule has 0 radical (unpaired) electrons. The van der Waals surface area contributed by atoms with Gasteiger partial charge in [0.2, 0.25) is 17.2 Å². The van der Waals surface area contributed by atoms with Gasteiger partial charge < -0.3 is 14.9 Å². The van der Waals surface area contributed by atoms with E-state index in [-0.39, 0.29) is 0 Å². The van der Waals surface area contributed by atoms with Crippen LogP contribution in [0.4, 0.5) is 13.6 Å². The van der Waals surface area contributed by atoms with Crippen molar-refractivity contribution < 1.29 is 33.3 Å². The number of ether oxygens (including phenoxy) is 1. The average molecular weight is 285 g/mol. The number of aliphatic hydroxyl groups is 1. The smallest absolute Gasteiger partial charge is 0.411 e. The molecule has 8 heteroatoms. The van der Waals surface area contributed by atoms with Crippen LogP contribution in [-0.2, 0) is 15.1 Å². The van der Waals surface area contributed by atoms with E-state index in [1.54, 1.807) is 5.32 Å². The van der Waals surface area contributed by atoms with Crippen LogP contribution in [0.1, 0.15) is 12.5 Å². The molecule has 1 aromatic rings. The number of ketones is 1. The molecule has 0 aliphatic carbocycles. The van der Waals surface area contributed by atoms with Crippen LogP contribution in [0, 0.1) is 11.6 Å². The highest BCUT2D eigenvalue weighted by molar-refractivity contribution is 6.03. The van der Waals surface area contributed by atoms with E-state index in [2.05, 4.69) is 0 Å². The number of nitrogens with one attached hydrogen (secondary N) is 1. The van der Waals surface area contributed by atoms with Gasteiger partial charge in [0.15, 0.2) is 0 Å². The minimum Gasteiger partial charge on any atom is -0.501 e. The van der Waals surface area contributed by atoms with Crippen LogP contribution in [0.3, 0.4) is 0 Å². The number of halogens is 2. The molecule has 0 aromatic heterocycles. The molecule has 1 aliphatic heterocycles. The molecule has 0 fully saturated rings. The first-order valence-corrected chi connectivity index (χ1v) is 5.38. The summed E-state index contributed by atoms with van der Waals surface area (Å²) in [6.07, 6.45) is -1.58. The largest absolute Gasteiger partial charge is 0.501 e. The summed E-state index contributed by atoms with van der Waals surface area (Å²) in [4.78, 5) is 22.4. The van der Waals surface area contributed by atoms with Crippen LogP contribution in [0.15, 0.2) is 29.8 Å². The molecule has 1 aliphatic rings. The summed E-state index contributed by atoms with van der Waals surface area (Å²) in [5.41, 5.74) is -2.50. The molecule has 0 saturated heterocycles. The van der Waals surface area contributed by atoms with Crippen molar-refractivity contribution in [2.45, 2.75) is 12.5 Å². The normalized spacial score (nSPS) is 21.9. The highest BCUT2D eigenvalue weighted by Crippen LogP contribution is 2.38. The number of carbonyl (C=O) groups is 2. The van der Waals surface area contributed by atoms with Gasteiger partial charge in [0.25, 0.3) is 5.78 Å². The highest BCUT2D eigenvalue weighted by atomic mass is 19.1. The topological polar surface area (TPSA) is 95.9 Å². The molecule has 20 heavy (non-hydrogen) atoms. The van der Waals surface area contributed by atoms with E-state index >= 15 is 0 Å². The SMILES string of the molecule is CC1(c2cc(F)ccc2F)OC(NC(=O)O)=C(O)C1=O. The Bertz CT molecular complexity index is 643. The average Bonchev–Trinajstić information content (AvgIpc) is 2.57. The number of rotatable bonds is 2. The predicted molar refractivity (Wildman–Crippen MR) is 60.6 cm³/mol. The van der Waals surface area contributed by atoms with Gasteiger partial charge in [-0.25, -0.2) is 13.6 Å². The fourth-order valence-electron chi connectivity index (χ4n) is 1.85. The first-order valence-electron chi connectivity index (χ1n) is 5.38. The van der Waals surface area contributed by atoms with Crippen molar-refractivity contribution in [3.05, 3.63) is 47.0 Å². The number of benzene rings is 1. The summed E-state index contributed by atoms with van der Waals surface area (Å²) in [7, 11) is 0. The van der Waals surface area contributed by atoms with Gasteiger partial charge in [-0.2, -0.15) is 0 Å². The lowest BCUT2D eigenvalue weighted by molar-refractivity contribution is -0.132. The number of carbonyl (C=O) groups excluding carboxylic acids is 1. The number of carboxylic acid groups (broad SMARTS) is 1. The Kier molecular flexibility index (Phi) is 3.09. The third-order valence-electron chi connectivity index (χ3n) is 2.83. The van der Waals surface area contributed by atoms with E-state index in [0.717, 1.165) is 25.1 Å². The van der Waals surface area contributed by atoms with Crippen molar-refractivity contribution in [1.82, 2.24) is 5.32 Å². The summed E-state index contributed by atoms with van der Waals surface area (Å²) in [6, 6.07) is 2.39. The van der Waals surface area contributed by atoms with E-state index in [9.17, 15) is 23.5 Å². The zero-order valence-corrected chi connectivity index (χ0v) is 10.1. The first kappa shape index (κ1) is 13.8. The predicted octanol–water partition coefficient (Wildman–Crippen LogP) is 1.77. The minimum absolute atomic E-state index is 0.448. The van der Waals surface area contributed by atoms with Gasteiger partial charge in [0.1, 0.15) is 11.6 Å². The Morgan fingerprint density at radius 2 is 2.05 bits per heavy atom. The number of aliphatic hydroxyl groups excluding tert-OH is 1. The second kappa shape index (κ2) is 4.48. The van der Waals surface area contributed by atoms with Crippen molar-refractivity contribution in [2.24, 2.45) is 0 Å². The van der Waals surface area contributed by atoms with Gasteiger partial charge in [-0.1, -0.05) is 0 Å². The van der Waals surface area contributed by atoms with Crippen LogP contribution in [0.5, 0.6) is 0 Å². The fraction of sp³-hybridized carbons (Fsp3) is 0.167. The van der Waals surface area contributed by atoms with E-state index in [0.29, 0.717) is 0 Å². The molecular formula is C12H9F2NO5. The van der Waals surface area contributed by atoms with Crippen LogP contribution in [0.25, 0.3) is 0 Å². The quantitative estimate of drug-likeness (QED) is 0.769. The zero-order chi connectivity index (χ0) is 15.1. The Morgan fingerprint density at radius 1 is 1.40 bits per heavy atom. The minimum atomic E-state index is -2.05. The second-order valence-electron chi connectivity index (χ2n) is 4.20. The van der Waals surface area contributed by atoms with E-state index in [4.69, 9.17) is 9.84 Å². The summed E-state index contributed by atoms with van der Waals surface area (Å²) < 4.78 is 31.9. The van der Waals surface area contributed by atoms with Crippen LogP contribution >= 0.6 is 0 Å². The third kappa shape index (κ3) is 2.04. The molecule has 1 heterocycles. The lowest BCUT2D eigenvalue weighted by Crippen LogP contribution is -2.33. The standard InChI is InChI=1S/C12H9F2NO5/c1-12(6-4-5(13)2-3-7(6)14)9(17)8(16)10(20-12)15-11(18)19/h2-4,15-16H,1H3,(H,18,19). The molecule has 1 atom stereocenters. The summed E-state index contributed by atoms with van der Waals surface area (Å²) in [5.74, 6) is -4.54. The fourth-order valence-corrected chi connectivity index (χ4v) is 1.85. The Hall–Kier alpha value is -2.64. The molecule has 0 saturated carbocycles. The van der Waals surface area contributed by atoms with Crippen molar-refractivity contribution >= 4 is 11.9 Å². The van der Waals surface area contributed by atoms with Gasteiger partial charge in [-0.05, 0) is 25.1 Å². The third-order valence-corrected chi connectivity index (χ3v) is 2.83. The molecular weight excluding hydrogens is 276 g/mol. The van der Waals surface area contributed by atoms with Gasteiger partial charge in [0, 0.05) is 5.56 Å². The van der Waals surface area contributed by atoms with Crippen molar-refractivity contribution in [3.63, 3.8) is 0 Å². The number of amides is 1. The number of Topliss-reactive ketones (excluding diaryl/α,β-unsaturated/α-hetero) is 1. The zero-order valence-electron chi connectivity index (χ0n) is 10.1. The molecule has 6 nitrogen and oxygen atoms in total. The molecule has 0 bridgehead atoms. The Balaban J connectivity index is 2.46. The van der Waals surface area contributed by atoms with Crippen molar-refractivity contribution in [1.29, 1.82) is 0 Å². The molecule has 1 amide bonds.